The van der Waals surface area contributed by atoms with E-state index in [-0.39, 0.29) is 6.61 Å². The van der Waals surface area contributed by atoms with Gasteiger partial charge in [-0.2, -0.15) is 5.10 Å². The van der Waals surface area contributed by atoms with Crippen LogP contribution >= 0.6 is 11.8 Å². The molecule has 2 aromatic heterocycles. The minimum Gasteiger partial charge on any atom is -0.392 e. The average Bonchev–Trinajstić information content (AvgIpc) is 2.73. The average molecular weight is 239 g/mol. The smallest absolute Gasteiger partial charge is 0.214 e. The van der Waals surface area contributed by atoms with Crippen LogP contribution in [0.3, 0.4) is 0 Å². The predicted molar refractivity (Wildman–Crippen MR) is 59.1 cm³/mol. The van der Waals surface area contributed by atoms with Crippen molar-refractivity contribution < 1.29 is 5.11 Å². The molecule has 0 aliphatic heterocycles. The third kappa shape index (κ3) is 1.96. The molecule has 2 aromatic rings. The highest BCUT2D eigenvalue weighted by molar-refractivity contribution is 7.99. The molecule has 2 rings (SSSR count). The van der Waals surface area contributed by atoms with Gasteiger partial charge in [0.15, 0.2) is 0 Å². The van der Waals surface area contributed by atoms with Gasteiger partial charge in [0, 0.05) is 12.6 Å². The van der Waals surface area contributed by atoms with Gasteiger partial charge in [-0.3, -0.25) is 9.78 Å². The van der Waals surface area contributed by atoms with Gasteiger partial charge in [-0.05, 0) is 25.6 Å². The van der Waals surface area contributed by atoms with Crippen molar-refractivity contribution in [1.82, 2.24) is 25.0 Å². The van der Waals surface area contributed by atoms with E-state index >= 15 is 0 Å². The summed E-state index contributed by atoms with van der Waals surface area (Å²) in [6.07, 6.45) is 0. The quantitative estimate of drug-likeness (QED) is 0.828. The van der Waals surface area contributed by atoms with Crippen LogP contribution in [0.2, 0.25) is 0 Å². The van der Waals surface area contributed by atoms with Crippen molar-refractivity contribution in [3.63, 3.8) is 0 Å². The lowest BCUT2D eigenvalue weighted by Crippen LogP contribution is -1.94. The maximum absolute atomic E-state index is 9.28. The third-order valence-corrected chi connectivity index (χ3v) is 3.28. The Hall–Kier alpha value is -1.34. The highest BCUT2D eigenvalue weighted by Crippen LogP contribution is 2.29. The van der Waals surface area contributed by atoms with Crippen molar-refractivity contribution in [3.8, 4) is 0 Å². The molecule has 0 fully saturated rings. The summed E-state index contributed by atoms with van der Waals surface area (Å²) >= 11 is 1.39. The van der Waals surface area contributed by atoms with Crippen LogP contribution in [0, 0.1) is 13.8 Å². The maximum atomic E-state index is 9.28. The van der Waals surface area contributed by atoms with Gasteiger partial charge >= 0.3 is 0 Å². The minimum atomic E-state index is -0.0224. The number of aryl methyl sites for hydroxylation is 3. The molecule has 0 bridgehead atoms. The Bertz CT molecular complexity index is 504. The number of nitrogens with zero attached hydrogens (tertiary/aromatic N) is 4. The fourth-order valence-electron chi connectivity index (χ4n) is 1.44. The molecule has 7 heteroatoms. The number of nitrogens with one attached hydrogen (secondary N) is 1. The van der Waals surface area contributed by atoms with Gasteiger partial charge in [0.05, 0.1) is 12.3 Å². The Morgan fingerprint density at radius 1 is 1.44 bits per heavy atom. The van der Waals surface area contributed by atoms with Gasteiger partial charge in [-0.25, -0.2) is 4.98 Å². The van der Waals surface area contributed by atoms with Gasteiger partial charge in [-0.1, -0.05) is 0 Å². The highest BCUT2D eigenvalue weighted by Gasteiger charge is 2.15. The number of H-pyrrole nitrogens is 1. The molecule has 0 spiro atoms. The predicted octanol–water partition coefficient (Wildman–Crippen LogP) is 0.799. The second-order valence-corrected chi connectivity index (χ2v) is 4.41. The molecule has 0 radical (unpaired) electrons. The van der Waals surface area contributed by atoms with Gasteiger partial charge in [0.2, 0.25) is 5.16 Å². The first-order valence-corrected chi connectivity index (χ1v) is 5.63. The summed E-state index contributed by atoms with van der Waals surface area (Å²) < 4.78 is 1.73. The van der Waals surface area contributed by atoms with E-state index in [0.717, 1.165) is 22.1 Å². The van der Waals surface area contributed by atoms with Crippen molar-refractivity contribution in [2.24, 2.45) is 7.05 Å². The standard InChI is InChI=1S/C9H13N5OS/c1-5-7(4-15)8(14(3)13-5)16-9-10-6(2)11-12-9/h15H,4H2,1-3H3,(H,10,11,12). The van der Waals surface area contributed by atoms with Crippen LogP contribution in [0.15, 0.2) is 10.2 Å². The highest BCUT2D eigenvalue weighted by atomic mass is 32.2. The number of aromatic nitrogens is 5. The molecule has 0 amide bonds. The molecule has 6 nitrogen and oxygen atoms in total. The number of aliphatic hydroxyl groups excluding tert-OH is 1. The Morgan fingerprint density at radius 2 is 2.19 bits per heavy atom. The van der Waals surface area contributed by atoms with Crippen LogP contribution in [-0.4, -0.2) is 30.1 Å². The SMILES string of the molecule is Cc1nc(Sc2c(CO)c(C)nn2C)n[nH]1. The Morgan fingerprint density at radius 3 is 2.75 bits per heavy atom. The number of hydrogen-bond acceptors (Lipinski definition) is 5. The van der Waals surface area contributed by atoms with Crippen LogP contribution in [0.25, 0.3) is 0 Å². The Labute approximate surface area is 97.1 Å². The number of rotatable bonds is 3. The van der Waals surface area contributed by atoms with Crippen LogP contribution in [-0.2, 0) is 13.7 Å². The summed E-state index contributed by atoms with van der Waals surface area (Å²) in [5.74, 6) is 0.770. The number of aliphatic hydroxyl groups is 1. The van der Waals surface area contributed by atoms with Crippen LogP contribution in [0.4, 0.5) is 0 Å². The van der Waals surface area contributed by atoms with E-state index in [1.54, 1.807) is 4.68 Å². The van der Waals surface area contributed by atoms with E-state index in [1.165, 1.54) is 11.8 Å². The molecular formula is C9H13N5OS. The summed E-state index contributed by atoms with van der Waals surface area (Å²) in [5, 5.41) is 21.9. The summed E-state index contributed by atoms with van der Waals surface area (Å²) in [4.78, 5) is 4.21. The topological polar surface area (TPSA) is 79.6 Å². The molecule has 0 aliphatic carbocycles. The van der Waals surface area contributed by atoms with Gasteiger partial charge < -0.3 is 5.11 Å². The molecule has 86 valence electrons. The zero-order valence-electron chi connectivity index (χ0n) is 9.35. The fraction of sp³-hybridized carbons (Fsp3) is 0.444. The summed E-state index contributed by atoms with van der Waals surface area (Å²) in [6, 6.07) is 0. The first-order valence-electron chi connectivity index (χ1n) is 4.82. The lowest BCUT2D eigenvalue weighted by molar-refractivity contribution is 0.277. The lowest BCUT2D eigenvalue weighted by Gasteiger charge is -2.00. The maximum Gasteiger partial charge on any atom is 0.214 e. The molecule has 2 N–H and O–H groups in total. The van der Waals surface area contributed by atoms with E-state index in [1.807, 2.05) is 20.9 Å². The Kier molecular flexibility index (Phi) is 2.97. The van der Waals surface area contributed by atoms with Crippen LogP contribution < -0.4 is 0 Å². The van der Waals surface area contributed by atoms with E-state index < -0.39 is 0 Å². The molecule has 0 atom stereocenters. The normalized spacial score (nSPS) is 11.0. The van der Waals surface area contributed by atoms with Crippen molar-refractivity contribution in [2.45, 2.75) is 30.6 Å². The van der Waals surface area contributed by atoms with E-state index in [2.05, 4.69) is 20.3 Å². The van der Waals surface area contributed by atoms with Crippen LogP contribution in [0.5, 0.6) is 0 Å². The van der Waals surface area contributed by atoms with Crippen LogP contribution in [0.1, 0.15) is 17.1 Å². The second-order valence-electron chi connectivity index (χ2n) is 3.46. The summed E-state index contributed by atoms with van der Waals surface area (Å²) in [5.41, 5.74) is 1.66. The molecular weight excluding hydrogens is 226 g/mol. The first kappa shape index (κ1) is 11.2. The third-order valence-electron chi connectivity index (χ3n) is 2.21. The van der Waals surface area contributed by atoms with Crippen molar-refractivity contribution in [3.05, 3.63) is 17.1 Å². The van der Waals surface area contributed by atoms with Gasteiger partial charge in [-0.15, -0.1) is 5.10 Å². The van der Waals surface area contributed by atoms with E-state index in [9.17, 15) is 5.11 Å². The molecule has 0 saturated carbocycles. The zero-order chi connectivity index (χ0) is 11.7. The van der Waals surface area contributed by atoms with Crippen molar-refractivity contribution in [1.29, 1.82) is 0 Å². The van der Waals surface area contributed by atoms with E-state index in [4.69, 9.17) is 0 Å². The molecule has 0 aliphatic rings. The molecule has 0 unspecified atom stereocenters. The van der Waals surface area contributed by atoms with Crippen molar-refractivity contribution >= 4 is 11.8 Å². The Balaban J connectivity index is 2.33. The number of aromatic amines is 1. The summed E-state index contributed by atoms with van der Waals surface area (Å²) in [6.45, 7) is 3.70. The van der Waals surface area contributed by atoms with Gasteiger partial charge in [0.1, 0.15) is 10.9 Å². The lowest BCUT2D eigenvalue weighted by atomic mass is 10.3. The van der Waals surface area contributed by atoms with Gasteiger partial charge in [0.25, 0.3) is 0 Å². The first-order chi connectivity index (χ1) is 7.61. The molecule has 2 heterocycles. The molecule has 16 heavy (non-hydrogen) atoms. The monoisotopic (exact) mass is 239 g/mol. The number of hydrogen-bond donors (Lipinski definition) is 2. The van der Waals surface area contributed by atoms with Crippen molar-refractivity contribution in [2.75, 3.05) is 0 Å². The largest absolute Gasteiger partial charge is 0.392 e. The zero-order valence-corrected chi connectivity index (χ0v) is 10.2. The van der Waals surface area contributed by atoms with E-state index in [0.29, 0.717) is 5.16 Å². The molecule has 0 aromatic carbocycles. The minimum absolute atomic E-state index is 0.0224. The summed E-state index contributed by atoms with van der Waals surface area (Å²) in [7, 11) is 1.84. The second kappa shape index (κ2) is 4.26. The fourth-order valence-corrected chi connectivity index (χ4v) is 2.40. The molecule has 0 saturated heterocycles.